The van der Waals surface area contributed by atoms with Gasteiger partial charge < -0.3 is 9.84 Å². The SMILES string of the molecule is CSCCOc1ccccc1[C@@H](C)O. The van der Waals surface area contributed by atoms with Gasteiger partial charge >= 0.3 is 0 Å². The molecule has 0 fully saturated rings. The largest absolute Gasteiger partial charge is 0.492 e. The smallest absolute Gasteiger partial charge is 0.125 e. The highest BCUT2D eigenvalue weighted by atomic mass is 32.2. The van der Waals surface area contributed by atoms with E-state index in [9.17, 15) is 5.11 Å². The van der Waals surface area contributed by atoms with Crippen molar-refractivity contribution in [2.75, 3.05) is 18.6 Å². The Morgan fingerprint density at radius 1 is 1.43 bits per heavy atom. The monoisotopic (exact) mass is 212 g/mol. The van der Waals surface area contributed by atoms with Crippen LogP contribution in [0.2, 0.25) is 0 Å². The lowest BCUT2D eigenvalue weighted by Gasteiger charge is -2.12. The van der Waals surface area contributed by atoms with E-state index in [0.717, 1.165) is 17.1 Å². The van der Waals surface area contributed by atoms with Gasteiger partial charge in [0.25, 0.3) is 0 Å². The summed E-state index contributed by atoms with van der Waals surface area (Å²) in [5, 5.41) is 9.48. The number of ether oxygens (including phenoxy) is 1. The normalized spacial score (nSPS) is 12.5. The molecule has 0 heterocycles. The van der Waals surface area contributed by atoms with Gasteiger partial charge in [-0.05, 0) is 19.2 Å². The Kier molecular flexibility index (Phi) is 4.84. The van der Waals surface area contributed by atoms with Gasteiger partial charge in [0.05, 0.1) is 12.7 Å². The van der Waals surface area contributed by atoms with Crippen molar-refractivity contribution in [2.45, 2.75) is 13.0 Å². The van der Waals surface area contributed by atoms with Crippen LogP contribution in [0.15, 0.2) is 24.3 Å². The van der Waals surface area contributed by atoms with Gasteiger partial charge in [0.2, 0.25) is 0 Å². The molecule has 78 valence electrons. The van der Waals surface area contributed by atoms with Crippen molar-refractivity contribution in [1.29, 1.82) is 0 Å². The lowest BCUT2D eigenvalue weighted by Crippen LogP contribution is -2.03. The second-order valence-corrected chi connectivity index (χ2v) is 4.04. The molecule has 0 bridgehead atoms. The molecule has 14 heavy (non-hydrogen) atoms. The second kappa shape index (κ2) is 5.94. The highest BCUT2D eigenvalue weighted by Gasteiger charge is 2.07. The van der Waals surface area contributed by atoms with Crippen molar-refractivity contribution in [3.8, 4) is 5.75 Å². The van der Waals surface area contributed by atoms with E-state index in [-0.39, 0.29) is 0 Å². The van der Waals surface area contributed by atoms with Crippen LogP contribution >= 0.6 is 11.8 Å². The summed E-state index contributed by atoms with van der Waals surface area (Å²) in [4.78, 5) is 0. The maximum absolute atomic E-state index is 9.48. The minimum Gasteiger partial charge on any atom is -0.492 e. The van der Waals surface area contributed by atoms with Crippen LogP contribution in [0.1, 0.15) is 18.6 Å². The number of aliphatic hydroxyl groups is 1. The average molecular weight is 212 g/mol. The summed E-state index contributed by atoms with van der Waals surface area (Å²) in [5.74, 6) is 1.75. The molecule has 0 aliphatic rings. The molecular formula is C11H16O2S. The van der Waals surface area contributed by atoms with E-state index in [0.29, 0.717) is 6.61 Å². The number of rotatable bonds is 5. The first-order valence-electron chi connectivity index (χ1n) is 4.64. The fourth-order valence-corrected chi connectivity index (χ4v) is 1.44. The first-order chi connectivity index (χ1) is 6.75. The van der Waals surface area contributed by atoms with Crippen molar-refractivity contribution < 1.29 is 9.84 Å². The molecule has 0 unspecified atom stereocenters. The lowest BCUT2D eigenvalue weighted by molar-refractivity contribution is 0.192. The standard InChI is InChI=1S/C11H16O2S/c1-9(12)10-5-3-4-6-11(10)13-7-8-14-2/h3-6,9,12H,7-8H2,1-2H3/t9-/m1/s1. The van der Waals surface area contributed by atoms with Gasteiger partial charge in [-0.2, -0.15) is 11.8 Å². The Hall–Kier alpha value is -0.670. The second-order valence-electron chi connectivity index (χ2n) is 3.06. The topological polar surface area (TPSA) is 29.5 Å². The van der Waals surface area contributed by atoms with E-state index >= 15 is 0 Å². The average Bonchev–Trinajstić information content (AvgIpc) is 2.19. The highest BCUT2D eigenvalue weighted by molar-refractivity contribution is 7.98. The summed E-state index contributed by atoms with van der Waals surface area (Å²) in [7, 11) is 0. The minimum absolute atomic E-state index is 0.472. The highest BCUT2D eigenvalue weighted by Crippen LogP contribution is 2.24. The molecule has 1 rings (SSSR count). The van der Waals surface area contributed by atoms with Crippen molar-refractivity contribution in [2.24, 2.45) is 0 Å². The summed E-state index contributed by atoms with van der Waals surface area (Å²) < 4.78 is 5.56. The predicted molar refractivity (Wildman–Crippen MR) is 61.0 cm³/mol. The van der Waals surface area contributed by atoms with E-state index in [1.807, 2.05) is 30.5 Å². The Morgan fingerprint density at radius 3 is 2.79 bits per heavy atom. The summed E-state index contributed by atoms with van der Waals surface area (Å²) in [6.07, 6.45) is 1.57. The molecule has 0 spiro atoms. The van der Waals surface area contributed by atoms with Crippen LogP contribution in [-0.2, 0) is 0 Å². The number of benzene rings is 1. The molecule has 0 amide bonds. The molecule has 1 atom stereocenters. The van der Waals surface area contributed by atoms with E-state index in [4.69, 9.17) is 4.74 Å². The van der Waals surface area contributed by atoms with Crippen molar-refractivity contribution >= 4 is 11.8 Å². The Labute approximate surface area is 89.3 Å². The Bertz CT molecular complexity index is 274. The van der Waals surface area contributed by atoms with Crippen molar-refractivity contribution in [1.82, 2.24) is 0 Å². The summed E-state index contributed by atoms with van der Waals surface area (Å²) in [6, 6.07) is 7.60. The molecule has 0 saturated carbocycles. The number of hydrogen-bond acceptors (Lipinski definition) is 3. The first-order valence-corrected chi connectivity index (χ1v) is 6.04. The van der Waals surface area contributed by atoms with Gasteiger partial charge in [-0.1, -0.05) is 18.2 Å². The van der Waals surface area contributed by atoms with Crippen LogP contribution in [0.4, 0.5) is 0 Å². The molecule has 2 nitrogen and oxygen atoms in total. The molecule has 0 aliphatic heterocycles. The van der Waals surface area contributed by atoms with Crippen LogP contribution in [-0.4, -0.2) is 23.7 Å². The van der Waals surface area contributed by atoms with Crippen LogP contribution in [0.5, 0.6) is 5.75 Å². The zero-order valence-corrected chi connectivity index (χ0v) is 9.38. The third-order valence-corrected chi connectivity index (χ3v) is 2.49. The predicted octanol–water partition coefficient (Wildman–Crippen LogP) is 2.48. The molecule has 1 N–H and O–H groups in total. The minimum atomic E-state index is -0.472. The maximum Gasteiger partial charge on any atom is 0.125 e. The number of aliphatic hydroxyl groups excluding tert-OH is 1. The third kappa shape index (κ3) is 3.24. The fourth-order valence-electron chi connectivity index (χ4n) is 1.19. The van der Waals surface area contributed by atoms with Crippen molar-refractivity contribution in [3.63, 3.8) is 0 Å². The molecule has 1 aromatic rings. The maximum atomic E-state index is 9.48. The van der Waals surface area contributed by atoms with Crippen LogP contribution in [0.3, 0.4) is 0 Å². The van der Waals surface area contributed by atoms with E-state index in [2.05, 4.69) is 0 Å². The van der Waals surface area contributed by atoms with Crippen LogP contribution in [0.25, 0.3) is 0 Å². The first kappa shape index (κ1) is 11.4. The van der Waals surface area contributed by atoms with Gasteiger partial charge in [0.1, 0.15) is 5.75 Å². The molecule has 1 aromatic carbocycles. The zero-order valence-electron chi connectivity index (χ0n) is 8.56. The van der Waals surface area contributed by atoms with Gasteiger partial charge in [-0.25, -0.2) is 0 Å². The molecule has 0 radical (unpaired) electrons. The van der Waals surface area contributed by atoms with Gasteiger partial charge in [0, 0.05) is 11.3 Å². The van der Waals surface area contributed by atoms with E-state index < -0.39 is 6.10 Å². The summed E-state index contributed by atoms with van der Waals surface area (Å²) in [5.41, 5.74) is 0.855. The van der Waals surface area contributed by atoms with Crippen LogP contribution in [0, 0.1) is 0 Å². The van der Waals surface area contributed by atoms with Gasteiger partial charge in [0.15, 0.2) is 0 Å². The fraction of sp³-hybridized carbons (Fsp3) is 0.455. The third-order valence-electron chi connectivity index (χ3n) is 1.91. The molecule has 0 saturated heterocycles. The molecule has 3 heteroatoms. The Balaban J connectivity index is 2.64. The molecule has 0 aliphatic carbocycles. The lowest BCUT2D eigenvalue weighted by atomic mass is 10.1. The number of hydrogen-bond donors (Lipinski definition) is 1. The molecular weight excluding hydrogens is 196 g/mol. The quantitative estimate of drug-likeness (QED) is 0.760. The zero-order chi connectivity index (χ0) is 10.4. The summed E-state index contributed by atoms with van der Waals surface area (Å²) >= 11 is 1.75. The van der Waals surface area contributed by atoms with Gasteiger partial charge in [-0.15, -0.1) is 0 Å². The van der Waals surface area contributed by atoms with Crippen molar-refractivity contribution in [3.05, 3.63) is 29.8 Å². The Morgan fingerprint density at radius 2 is 2.14 bits per heavy atom. The number of para-hydroxylation sites is 1. The molecule has 0 aromatic heterocycles. The summed E-state index contributed by atoms with van der Waals surface area (Å²) in [6.45, 7) is 2.43. The number of thioether (sulfide) groups is 1. The van der Waals surface area contributed by atoms with Gasteiger partial charge in [-0.3, -0.25) is 0 Å². The van der Waals surface area contributed by atoms with E-state index in [1.165, 1.54) is 0 Å². The van der Waals surface area contributed by atoms with E-state index in [1.54, 1.807) is 18.7 Å². The van der Waals surface area contributed by atoms with Crippen LogP contribution < -0.4 is 4.74 Å².